The van der Waals surface area contributed by atoms with Gasteiger partial charge in [-0.1, -0.05) is 13.8 Å². The van der Waals surface area contributed by atoms with Crippen molar-refractivity contribution in [3.05, 3.63) is 12.4 Å². The summed E-state index contributed by atoms with van der Waals surface area (Å²) in [5, 5.41) is 3.93. The number of aromatic nitrogens is 2. The van der Waals surface area contributed by atoms with Gasteiger partial charge >= 0.3 is 0 Å². The van der Waals surface area contributed by atoms with Crippen LogP contribution in [-0.4, -0.2) is 18.2 Å². The van der Waals surface area contributed by atoms with E-state index in [4.69, 9.17) is 10.7 Å². The molecular formula is C9H15ClN2O2S. The normalized spacial score (nSPS) is 12.3. The molecule has 0 aliphatic carbocycles. The maximum absolute atomic E-state index is 10.9. The van der Waals surface area contributed by atoms with Crippen molar-refractivity contribution in [1.82, 2.24) is 9.78 Å². The number of aryl methyl sites for hydroxylation is 1. The van der Waals surface area contributed by atoms with E-state index in [1.807, 2.05) is 0 Å². The fraction of sp³-hybridized carbons (Fsp3) is 0.667. The van der Waals surface area contributed by atoms with Gasteiger partial charge in [-0.3, -0.25) is 4.68 Å². The summed E-state index contributed by atoms with van der Waals surface area (Å²) in [6.45, 7) is 5.03. The lowest BCUT2D eigenvalue weighted by molar-refractivity contribution is 0.489. The molecule has 0 N–H and O–H groups in total. The predicted octanol–water partition coefficient (Wildman–Crippen LogP) is 2.25. The van der Waals surface area contributed by atoms with Crippen molar-refractivity contribution >= 4 is 19.7 Å². The number of hydrogen-bond donors (Lipinski definition) is 0. The number of hydrogen-bond acceptors (Lipinski definition) is 3. The summed E-state index contributed by atoms with van der Waals surface area (Å²) in [4.78, 5) is 0.0636. The Balaban J connectivity index is 2.54. The molecule has 1 rings (SSSR count). The van der Waals surface area contributed by atoms with E-state index in [2.05, 4.69) is 18.9 Å². The van der Waals surface area contributed by atoms with Gasteiger partial charge < -0.3 is 0 Å². The predicted molar refractivity (Wildman–Crippen MR) is 59.3 cm³/mol. The van der Waals surface area contributed by atoms with Crippen LogP contribution in [0.3, 0.4) is 0 Å². The van der Waals surface area contributed by atoms with Crippen LogP contribution < -0.4 is 0 Å². The molecule has 0 bridgehead atoms. The Labute approximate surface area is 94.7 Å². The minimum Gasteiger partial charge on any atom is -0.271 e. The van der Waals surface area contributed by atoms with E-state index in [0.717, 1.165) is 19.4 Å². The van der Waals surface area contributed by atoms with Gasteiger partial charge in [-0.25, -0.2) is 8.42 Å². The zero-order valence-electron chi connectivity index (χ0n) is 8.85. The van der Waals surface area contributed by atoms with Gasteiger partial charge in [0.25, 0.3) is 9.05 Å². The average molecular weight is 251 g/mol. The van der Waals surface area contributed by atoms with Gasteiger partial charge in [-0.05, 0) is 18.8 Å². The second-order valence-corrected chi connectivity index (χ2v) is 6.48. The molecule has 0 amide bonds. The Hall–Kier alpha value is -0.550. The van der Waals surface area contributed by atoms with Crippen LogP contribution in [0.15, 0.2) is 17.3 Å². The Kier molecular flexibility index (Phi) is 4.16. The van der Waals surface area contributed by atoms with Crippen molar-refractivity contribution < 1.29 is 8.42 Å². The molecule has 1 heterocycles. The minimum atomic E-state index is -3.63. The van der Waals surface area contributed by atoms with E-state index in [-0.39, 0.29) is 4.90 Å². The smallest absolute Gasteiger partial charge is 0.264 e. The maximum Gasteiger partial charge on any atom is 0.264 e. The molecule has 15 heavy (non-hydrogen) atoms. The van der Waals surface area contributed by atoms with Crippen LogP contribution in [0.2, 0.25) is 0 Å². The molecule has 0 aliphatic rings. The number of rotatable bonds is 5. The first-order valence-electron chi connectivity index (χ1n) is 4.86. The Morgan fingerprint density at radius 1 is 1.53 bits per heavy atom. The average Bonchev–Trinajstić information content (AvgIpc) is 2.51. The summed E-state index contributed by atoms with van der Waals surface area (Å²) in [5.74, 6) is 0.650. The molecule has 4 nitrogen and oxygen atoms in total. The summed E-state index contributed by atoms with van der Waals surface area (Å²) in [6, 6.07) is 0. The highest BCUT2D eigenvalue weighted by Gasteiger charge is 2.12. The van der Waals surface area contributed by atoms with E-state index in [9.17, 15) is 8.42 Å². The standard InChI is InChI=1S/C9H15ClN2O2S/c1-8(2)4-3-5-12-7-9(6-11-12)15(10,13)14/h6-8H,3-5H2,1-2H3. The van der Waals surface area contributed by atoms with Crippen LogP contribution in [0.25, 0.3) is 0 Å². The van der Waals surface area contributed by atoms with Gasteiger partial charge in [0.05, 0.1) is 6.20 Å². The number of halogens is 1. The topological polar surface area (TPSA) is 52.0 Å². The Bertz CT molecular complexity index is 412. The summed E-state index contributed by atoms with van der Waals surface area (Å²) < 4.78 is 23.5. The summed E-state index contributed by atoms with van der Waals surface area (Å²) in [7, 11) is 1.54. The molecule has 0 saturated heterocycles. The largest absolute Gasteiger partial charge is 0.271 e. The molecule has 0 unspecified atom stereocenters. The van der Waals surface area contributed by atoms with E-state index in [1.165, 1.54) is 12.4 Å². The van der Waals surface area contributed by atoms with Crippen LogP contribution in [0, 0.1) is 5.92 Å². The molecule has 1 aromatic heterocycles. The third-order valence-corrected chi connectivity index (χ3v) is 3.37. The zero-order valence-corrected chi connectivity index (χ0v) is 10.4. The highest BCUT2D eigenvalue weighted by Crippen LogP contribution is 2.13. The van der Waals surface area contributed by atoms with Crippen LogP contribution in [0.1, 0.15) is 26.7 Å². The highest BCUT2D eigenvalue weighted by atomic mass is 35.7. The minimum absolute atomic E-state index is 0.0636. The van der Waals surface area contributed by atoms with Gasteiger partial charge in [-0.15, -0.1) is 0 Å². The highest BCUT2D eigenvalue weighted by molar-refractivity contribution is 8.13. The second-order valence-electron chi connectivity index (χ2n) is 3.91. The summed E-state index contributed by atoms with van der Waals surface area (Å²) in [6.07, 6.45) is 4.82. The quantitative estimate of drug-likeness (QED) is 0.753. The van der Waals surface area contributed by atoms with Crippen molar-refractivity contribution in [1.29, 1.82) is 0 Å². The van der Waals surface area contributed by atoms with Crippen LogP contribution >= 0.6 is 10.7 Å². The van der Waals surface area contributed by atoms with E-state index in [0.29, 0.717) is 5.92 Å². The lowest BCUT2D eigenvalue weighted by Gasteiger charge is -2.03. The van der Waals surface area contributed by atoms with Crippen molar-refractivity contribution in [3.8, 4) is 0 Å². The molecule has 86 valence electrons. The van der Waals surface area contributed by atoms with Crippen LogP contribution in [0.4, 0.5) is 0 Å². The lowest BCUT2D eigenvalue weighted by Crippen LogP contribution is -2.00. The fourth-order valence-electron chi connectivity index (χ4n) is 1.25. The van der Waals surface area contributed by atoms with Crippen LogP contribution in [0.5, 0.6) is 0 Å². The third kappa shape index (κ3) is 4.22. The molecule has 0 aliphatic heterocycles. The molecule has 0 saturated carbocycles. The van der Waals surface area contributed by atoms with Crippen molar-refractivity contribution in [3.63, 3.8) is 0 Å². The Morgan fingerprint density at radius 3 is 2.67 bits per heavy atom. The molecule has 6 heteroatoms. The van der Waals surface area contributed by atoms with E-state index < -0.39 is 9.05 Å². The Morgan fingerprint density at radius 2 is 2.20 bits per heavy atom. The van der Waals surface area contributed by atoms with Gasteiger partial charge in [0.2, 0.25) is 0 Å². The molecule has 0 atom stereocenters. The fourth-order valence-corrected chi connectivity index (χ4v) is 1.91. The summed E-state index contributed by atoms with van der Waals surface area (Å²) >= 11 is 0. The first-order chi connectivity index (χ1) is 6.89. The maximum atomic E-state index is 10.9. The van der Waals surface area contributed by atoms with Gasteiger partial charge in [0, 0.05) is 23.4 Å². The molecule has 0 spiro atoms. The molecule has 0 radical (unpaired) electrons. The second kappa shape index (κ2) is 4.99. The molecular weight excluding hydrogens is 236 g/mol. The first-order valence-corrected chi connectivity index (χ1v) is 7.17. The van der Waals surface area contributed by atoms with Gasteiger partial charge in [0.1, 0.15) is 4.90 Å². The third-order valence-electron chi connectivity index (χ3n) is 2.06. The molecule has 0 aromatic carbocycles. The monoisotopic (exact) mass is 250 g/mol. The van der Waals surface area contributed by atoms with Gasteiger partial charge in [0.15, 0.2) is 0 Å². The lowest BCUT2D eigenvalue weighted by atomic mass is 10.1. The van der Waals surface area contributed by atoms with Crippen molar-refractivity contribution in [2.75, 3.05) is 0 Å². The number of nitrogens with zero attached hydrogens (tertiary/aromatic N) is 2. The van der Waals surface area contributed by atoms with E-state index >= 15 is 0 Å². The molecule has 1 aromatic rings. The van der Waals surface area contributed by atoms with E-state index in [1.54, 1.807) is 4.68 Å². The SMILES string of the molecule is CC(C)CCCn1cc(S(=O)(=O)Cl)cn1. The van der Waals surface area contributed by atoms with Gasteiger partial charge in [-0.2, -0.15) is 5.10 Å². The molecule has 0 fully saturated rings. The van der Waals surface area contributed by atoms with Crippen molar-refractivity contribution in [2.24, 2.45) is 5.92 Å². The van der Waals surface area contributed by atoms with Crippen LogP contribution in [-0.2, 0) is 15.6 Å². The zero-order chi connectivity index (χ0) is 11.5. The van der Waals surface area contributed by atoms with Crippen molar-refractivity contribution in [2.45, 2.75) is 38.1 Å². The summed E-state index contributed by atoms with van der Waals surface area (Å²) in [5.41, 5.74) is 0. The first kappa shape index (κ1) is 12.5.